The molecule has 0 aliphatic carbocycles. The Bertz CT molecular complexity index is 380. The summed E-state index contributed by atoms with van der Waals surface area (Å²) in [4.78, 5) is 4.90. The number of hydrogen-bond acceptors (Lipinski definition) is 4. The molecule has 1 aromatic rings. The van der Waals surface area contributed by atoms with Gasteiger partial charge in [-0.3, -0.25) is 4.90 Å². The van der Waals surface area contributed by atoms with Crippen LogP contribution in [0, 0.1) is 0 Å². The fourth-order valence-corrected chi connectivity index (χ4v) is 2.82. The molecule has 1 heterocycles. The van der Waals surface area contributed by atoms with E-state index in [1.165, 1.54) is 24.3 Å². The number of nitrogens with zero attached hydrogens (tertiary/aromatic N) is 2. The molecule has 4 heteroatoms. The molecule has 0 unspecified atom stereocenters. The third kappa shape index (κ3) is 5.30. The molecule has 2 N–H and O–H groups in total. The van der Waals surface area contributed by atoms with Crippen LogP contribution in [0.2, 0.25) is 0 Å². The standard InChI is InChI=1S/C17H30N4/c1-3-21(4-2)17-7-5-16(6-8-17)15-19-11-14-20-12-9-18-10-13-20/h5-8,18-19H,3-4,9-15H2,1-2H3. The summed E-state index contributed by atoms with van der Waals surface area (Å²) in [6.07, 6.45) is 0. The first-order chi connectivity index (χ1) is 10.3. The van der Waals surface area contributed by atoms with E-state index in [2.05, 4.69) is 58.5 Å². The SMILES string of the molecule is CCN(CC)c1ccc(CNCCN2CCNCC2)cc1. The van der Waals surface area contributed by atoms with Crippen LogP contribution in [0.1, 0.15) is 19.4 Å². The van der Waals surface area contributed by atoms with E-state index in [0.717, 1.165) is 45.8 Å². The lowest BCUT2D eigenvalue weighted by atomic mass is 10.2. The molecule has 1 saturated heterocycles. The smallest absolute Gasteiger partial charge is 0.0366 e. The van der Waals surface area contributed by atoms with E-state index >= 15 is 0 Å². The molecule has 2 rings (SSSR count). The van der Waals surface area contributed by atoms with Crippen LogP contribution in [-0.2, 0) is 6.54 Å². The molecule has 1 aliphatic rings. The van der Waals surface area contributed by atoms with Gasteiger partial charge in [-0.15, -0.1) is 0 Å². The number of hydrogen-bond donors (Lipinski definition) is 2. The summed E-state index contributed by atoms with van der Waals surface area (Å²) in [6, 6.07) is 8.96. The molecule has 0 bridgehead atoms. The molecule has 1 aliphatic heterocycles. The van der Waals surface area contributed by atoms with Gasteiger partial charge in [-0.05, 0) is 31.5 Å². The van der Waals surface area contributed by atoms with Gasteiger partial charge in [0.2, 0.25) is 0 Å². The summed E-state index contributed by atoms with van der Waals surface area (Å²) in [6.45, 7) is 14.4. The Balaban J connectivity index is 1.68. The third-order valence-corrected chi connectivity index (χ3v) is 4.21. The number of nitrogens with one attached hydrogen (secondary N) is 2. The second-order valence-corrected chi connectivity index (χ2v) is 5.61. The van der Waals surface area contributed by atoms with E-state index in [1.807, 2.05) is 0 Å². The Kier molecular flexibility index (Phi) is 7.00. The van der Waals surface area contributed by atoms with Gasteiger partial charge in [-0.1, -0.05) is 12.1 Å². The molecule has 21 heavy (non-hydrogen) atoms. The van der Waals surface area contributed by atoms with Crippen molar-refractivity contribution in [3.63, 3.8) is 0 Å². The van der Waals surface area contributed by atoms with E-state index < -0.39 is 0 Å². The zero-order valence-electron chi connectivity index (χ0n) is 13.6. The van der Waals surface area contributed by atoms with Gasteiger partial charge in [0.15, 0.2) is 0 Å². The average molecular weight is 290 g/mol. The molecule has 1 fully saturated rings. The minimum Gasteiger partial charge on any atom is -0.372 e. The first-order valence-corrected chi connectivity index (χ1v) is 8.31. The molecule has 0 amide bonds. The fourth-order valence-electron chi connectivity index (χ4n) is 2.82. The number of piperazine rings is 1. The Morgan fingerprint density at radius 1 is 1.10 bits per heavy atom. The molecular formula is C17H30N4. The monoisotopic (exact) mass is 290 g/mol. The Labute approximate surface area is 129 Å². The van der Waals surface area contributed by atoms with Crippen LogP contribution < -0.4 is 15.5 Å². The van der Waals surface area contributed by atoms with Crippen LogP contribution in [0.25, 0.3) is 0 Å². The van der Waals surface area contributed by atoms with Gasteiger partial charge in [0, 0.05) is 64.6 Å². The number of rotatable bonds is 8. The summed E-state index contributed by atoms with van der Waals surface area (Å²) in [5.74, 6) is 0. The van der Waals surface area contributed by atoms with Crippen LogP contribution in [0.15, 0.2) is 24.3 Å². The highest BCUT2D eigenvalue weighted by Crippen LogP contribution is 2.14. The normalized spacial score (nSPS) is 16.1. The molecule has 0 atom stereocenters. The minimum absolute atomic E-state index is 0.963. The van der Waals surface area contributed by atoms with Crippen molar-refractivity contribution < 1.29 is 0 Å². The van der Waals surface area contributed by atoms with Gasteiger partial charge >= 0.3 is 0 Å². The van der Waals surface area contributed by atoms with Crippen molar-refractivity contribution in [3.05, 3.63) is 29.8 Å². The van der Waals surface area contributed by atoms with E-state index in [9.17, 15) is 0 Å². The van der Waals surface area contributed by atoms with Gasteiger partial charge < -0.3 is 15.5 Å². The largest absolute Gasteiger partial charge is 0.372 e. The molecular weight excluding hydrogens is 260 g/mol. The molecule has 0 spiro atoms. The summed E-state index contributed by atoms with van der Waals surface area (Å²) < 4.78 is 0. The van der Waals surface area contributed by atoms with Crippen molar-refractivity contribution in [2.24, 2.45) is 0 Å². The quantitative estimate of drug-likeness (QED) is 0.711. The van der Waals surface area contributed by atoms with Crippen molar-refractivity contribution in [2.45, 2.75) is 20.4 Å². The minimum atomic E-state index is 0.963. The van der Waals surface area contributed by atoms with E-state index in [1.54, 1.807) is 0 Å². The molecule has 4 nitrogen and oxygen atoms in total. The topological polar surface area (TPSA) is 30.5 Å². The molecule has 118 valence electrons. The lowest BCUT2D eigenvalue weighted by Gasteiger charge is -2.27. The second-order valence-electron chi connectivity index (χ2n) is 5.61. The molecule has 0 aromatic heterocycles. The number of benzene rings is 1. The first kappa shape index (κ1) is 16.3. The van der Waals surface area contributed by atoms with Crippen molar-refractivity contribution in [1.82, 2.24) is 15.5 Å². The van der Waals surface area contributed by atoms with Crippen LogP contribution in [0.4, 0.5) is 5.69 Å². The average Bonchev–Trinajstić information content (AvgIpc) is 2.55. The highest BCUT2D eigenvalue weighted by molar-refractivity contribution is 5.47. The Morgan fingerprint density at radius 3 is 2.38 bits per heavy atom. The third-order valence-electron chi connectivity index (χ3n) is 4.21. The van der Waals surface area contributed by atoms with Crippen LogP contribution in [0.5, 0.6) is 0 Å². The highest BCUT2D eigenvalue weighted by Gasteiger charge is 2.08. The highest BCUT2D eigenvalue weighted by atomic mass is 15.2. The molecule has 0 saturated carbocycles. The second kappa shape index (κ2) is 9.03. The maximum atomic E-state index is 3.55. The molecule has 1 aromatic carbocycles. The van der Waals surface area contributed by atoms with Gasteiger partial charge in [0.1, 0.15) is 0 Å². The summed E-state index contributed by atoms with van der Waals surface area (Å²) in [7, 11) is 0. The lowest BCUT2D eigenvalue weighted by molar-refractivity contribution is 0.241. The van der Waals surface area contributed by atoms with Crippen LogP contribution in [-0.4, -0.2) is 57.3 Å². The van der Waals surface area contributed by atoms with Gasteiger partial charge in [-0.25, -0.2) is 0 Å². The van der Waals surface area contributed by atoms with Crippen molar-refractivity contribution in [1.29, 1.82) is 0 Å². The van der Waals surface area contributed by atoms with Crippen LogP contribution >= 0.6 is 0 Å². The Morgan fingerprint density at radius 2 is 1.76 bits per heavy atom. The number of anilines is 1. The maximum absolute atomic E-state index is 3.55. The zero-order chi connectivity index (χ0) is 14.9. The van der Waals surface area contributed by atoms with Gasteiger partial charge in [-0.2, -0.15) is 0 Å². The van der Waals surface area contributed by atoms with Crippen molar-refractivity contribution in [2.75, 3.05) is 57.3 Å². The van der Waals surface area contributed by atoms with E-state index in [0.29, 0.717) is 0 Å². The Hall–Kier alpha value is -1.10. The fraction of sp³-hybridized carbons (Fsp3) is 0.647. The summed E-state index contributed by atoms with van der Waals surface area (Å²) in [5, 5.41) is 6.94. The van der Waals surface area contributed by atoms with Crippen LogP contribution in [0.3, 0.4) is 0 Å². The van der Waals surface area contributed by atoms with E-state index in [-0.39, 0.29) is 0 Å². The maximum Gasteiger partial charge on any atom is 0.0366 e. The lowest BCUT2D eigenvalue weighted by Crippen LogP contribution is -2.45. The van der Waals surface area contributed by atoms with Gasteiger partial charge in [0.05, 0.1) is 0 Å². The van der Waals surface area contributed by atoms with E-state index in [4.69, 9.17) is 0 Å². The molecule has 0 radical (unpaired) electrons. The predicted octanol–water partition coefficient (Wildman–Crippen LogP) is 1.53. The van der Waals surface area contributed by atoms with Crippen molar-refractivity contribution >= 4 is 5.69 Å². The van der Waals surface area contributed by atoms with Gasteiger partial charge in [0.25, 0.3) is 0 Å². The zero-order valence-corrected chi connectivity index (χ0v) is 13.6. The van der Waals surface area contributed by atoms with Crippen molar-refractivity contribution in [3.8, 4) is 0 Å². The summed E-state index contributed by atoms with van der Waals surface area (Å²) in [5.41, 5.74) is 2.69. The predicted molar refractivity (Wildman–Crippen MR) is 91.0 cm³/mol. The summed E-state index contributed by atoms with van der Waals surface area (Å²) >= 11 is 0. The first-order valence-electron chi connectivity index (χ1n) is 8.31.